The number of rotatable bonds is 5. The van der Waals surface area contributed by atoms with Crippen LogP contribution in [0, 0.1) is 0 Å². The SMILES string of the molecule is Nc1ncc(N2CCC(NI)CC2)nc1C(=O)Nc1cnccc1N1CCOCC1. The van der Waals surface area contributed by atoms with Crippen LogP contribution in [-0.2, 0) is 4.74 Å². The summed E-state index contributed by atoms with van der Waals surface area (Å²) in [6, 6.07) is 2.38. The first-order valence-electron chi connectivity index (χ1n) is 9.97. The summed E-state index contributed by atoms with van der Waals surface area (Å²) in [5.74, 6) is 0.380. The van der Waals surface area contributed by atoms with Crippen LogP contribution in [0.3, 0.4) is 0 Å². The van der Waals surface area contributed by atoms with Gasteiger partial charge in [-0.05, 0) is 18.9 Å². The zero-order valence-corrected chi connectivity index (χ0v) is 18.7. The fourth-order valence-corrected chi connectivity index (χ4v) is 4.29. The van der Waals surface area contributed by atoms with E-state index in [2.05, 4.69) is 56.5 Å². The normalized spacial score (nSPS) is 17.8. The van der Waals surface area contributed by atoms with Crippen molar-refractivity contribution in [1.82, 2.24) is 18.5 Å². The Kier molecular flexibility index (Phi) is 6.79. The van der Waals surface area contributed by atoms with Crippen molar-refractivity contribution in [2.45, 2.75) is 18.9 Å². The highest BCUT2D eigenvalue weighted by atomic mass is 127. The molecule has 2 aromatic rings. The highest BCUT2D eigenvalue weighted by Crippen LogP contribution is 2.26. The van der Waals surface area contributed by atoms with Gasteiger partial charge in [0.25, 0.3) is 5.91 Å². The summed E-state index contributed by atoms with van der Waals surface area (Å²) in [5, 5.41) is 2.92. The van der Waals surface area contributed by atoms with E-state index in [4.69, 9.17) is 10.5 Å². The van der Waals surface area contributed by atoms with Crippen molar-refractivity contribution in [3.63, 3.8) is 0 Å². The van der Waals surface area contributed by atoms with Gasteiger partial charge in [-0.25, -0.2) is 9.97 Å². The lowest BCUT2D eigenvalue weighted by Crippen LogP contribution is -2.40. The molecule has 2 fully saturated rings. The van der Waals surface area contributed by atoms with E-state index in [1.807, 2.05) is 6.07 Å². The summed E-state index contributed by atoms with van der Waals surface area (Å²) in [7, 11) is 0. The molecule has 0 aliphatic carbocycles. The third-order valence-electron chi connectivity index (χ3n) is 5.37. The molecule has 30 heavy (non-hydrogen) atoms. The van der Waals surface area contributed by atoms with Gasteiger partial charge < -0.3 is 25.6 Å². The maximum absolute atomic E-state index is 13.0. The topological polar surface area (TPSA) is 122 Å². The molecule has 11 heteroatoms. The van der Waals surface area contributed by atoms with Gasteiger partial charge in [-0.3, -0.25) is 13.3 Å². The van der Waals surface area contributed by atoms with Gasteiger partial charge >= 0.3 is 0 Å². The molecule has 0 spiro atoms. The maximum Gasteiger partial charge on any atom is 0.278 e. The number of morpholine rings is 1. The van der Waals surface area contributed by atoms with Gasteiger partial charge in [0.05, 0.1) is 37.0 Å². The Labute approximate surface area is 189 Å². The second-order valence-electron chi connectivity index (χ2n) is 7.28. The molecule has 10 nitrogen and oxygen atoms in total. The molecule has 1 amide bonds. The number of amides is 1. The quantitative estimate of drug-likeness (QED) is 0.394. The minimum absolute atomic E-state index is 0.108. The van der Waals surface area contributed by atoms with Crippen LogP contribution in [0.1, 0.15) is 23.3 Å². The Morgan fingerprint density at radius 2 is 1.93 bits per heavy atom. The molecule has 0 saturated carbocycles. The van der Waals surface area contributed by atoms with Crippen LogP contribution >= 0.6 is 22.9 Å². The number of ether oxygens (including phenoxy) is 1. The fourth-order valence-electron chi connectivity index (χ4n) is 3.67. The molecule has 0 aromatic carbocycles. The molecule has 0 unspecified atom stereocenters. The Morgan fingerprint density at radius 1 is 1.17 bits per heavy atom. The van der Waals surface area contributed by atoms with Gasteiger partial charge in [-0.15, -0.1) is 0 Å². The van der Waals surface area contributed by atoms with E-state index in [1.165, 1.54) is 0 Å². The summed E-state index contributed by atoms with van der Waals surface area (Å²) < 4.78 is 8.70. The van der Waals surface area contributed by atoms with Gasteiger partial charge in [0, 0.05) is 61.3 Å². The van der Waals surface area contributed by atoms with Crippen molar-refractivity contribution >= 4 is 51.8 Å². The minimum atomic E-state index is -0.395. The number of piperidine rings is 1. The lowest BCUT2D eigenvalue weighted by molar-refractivity contribution is 0.102. The van der Waals surface area contributed by atoms with Gasteiger partial charge in [0.1, 0.15) is 5.82 Å². The Morgan fingerprint density at radius 3 is 2.67 bits per heavy atom. The molecular formula is C19H25IN8O2. The zero-order chi connectivity index (χ0) is 20.9. The molecule has 4 rings (SSSR count). The van der Waals surface area contributed by atoms with Crippen LogP contribution in [-0.4, -0.2) is 66.3 Å². The molecule has 0 atom stereocenters. The van der Waals surface area contributed by atoms with Crippen molar-refractivity contribution in [3.05, 3.63) is 30.4 Å². The molecule has 2 aliphatic heterocycles. The second-order valence-corrected chi connectivity index (χ2v) is 7.90. The largest absolute Gasteiger partial charge is 0.382 e. The van der Waals surface area contributed by atoms with E-state index < -0.39 is 5.91 Å². The lowest BCUT2D eigenvalue weighted by Gasteiger charge is -2.32. The number of hydrogen-bond acceptors (Lipinski definition) is 9. The number of nitrogen functional groups attached to an aromatic ring is 1. The smallest absolute Gasteiger partial charge is 0.278 e. The number of nitrogens with one attached hydrogen (secondary N) is 2. The number of carbonyl (C=O) groups excluding carboxylic acids is 1. The van der Waals surface area contributed by atoms with E-state index in [1.54, 1.807) is 18.6 Å². The van der Waals surface area contributed by atoms with Gasteiger partial charge in [-0.2, -0.15) is 0 Å². The van der Waals surface area contributed by atoms with Crippen LogP contribution in [0.15, 0.2) is 24.7 Å². The molecule has 0 bridgehead atoms. The standard InChI is InChI=1S/C19H25IN8O2/c20-26-13-2-5-28(6-3-13)16-12-23-18(21)17(25-16)19(29)24-14-11-22-4-1-15(14)27-7-9-30-10-8-27/h1,4,11-13,26H,2-3,5-10H2,(H2,21,23)(H,24,29). The number of anilines is 4. The van der Waals surface area contributed by atoms with E-state index >= 15 is 0 Å². The number of aromatic nitrogens is 3. The molecule has 2 aromatic heterocycles. The van der Waals surface area contributed by atoms with Crippen LogP contribution in [0.5, 0.6) is 0 Å². The first-order chi connectivity index (χ1) is 14.7. The second kappa shape index (κ2) is 9.71. The monoisotopic (exact) mass is 524 g/mol. The average Bonchev–Trinajstić information content (AvgIpc) is 2.80. The molecule has 4 N–H and O–H groups in total. The summed E-state index contributed by atoms with van der Waals surface area (Å²) >= 11 is 2.19. The third-order valence-corrected chi connectivity index (χ3v) is 6.26. The van der Waals surface area contributed by atoms with E-state index in [9.17, 15) is 4.79 Å². The number of carbonyl (C=O) groups is 1. The van der Waals surface area contributed by atoms with Crippen molar-refractivity contribution in [2.24, 2.45) is 0 Å². The van der Waals surface area contributed by atoms with Crippen LogP contribution < -0.4 is 24.4 Å². The number of pyridine rings is 1. The molecule has 2 saturated heterocycles. The predicted molar refractivity (Wildman–Crippen MR) is 124 cm³/mol. The van der Waals surface area contributed by atoms with E-state index in [-0.39, 0.29) is 11.5 Å². The van der Waals surface area contributed by atoms with Crippen molar-refractivity contribution in [2.75, 3.05) is 60.2 Å². The maximum atomic E-state index is 13.0. The van der Waals surface area contributed by atoms with E-state index in [0.29, 0.717) is 30.8 Å². The Hall–Kier alpha value is -2.25. The average molecular weight is 524 g/mol. The first-order valence-corrected chi connectivity index (χ1v) is 11.0. The summed E-state index contributed by atoms with van der Waals surface area (Å²) in [4.78, 5) is 30.2. The van der Waals surface area contributed by atoms with Crippen molar-refractivity contribution < 1.29 is 9.53 Å². The lowest BCUT2D eigenvalue weighted by atomic mass is 10.1. The van der Waals surface area contributed by atoms with Crippen molar-refractivity contribution in [3.8, 4) is 0 Å². The Balaban J connectivity index is 1.52. The molecule has 160 valence electrons. The molecule has 4 heterocycles. The molecule has 2 aliphatic rings. The highest BCUT2D eigenvalue weighted by Gasteiger charge is 2.23. The van der Waals surface area contributed by atoms with E-state index in [0.717, 1.165) is 44.7 Å². The zero-order valence-electron chi connectivity index (χ0n) is 16.6. The number of nitrogens with zero attached hydrogens (tertiary/aromatic N) is 5. The van der Waals surface area contributed by atoms with Crippen LogP contribution in [0.25, 0.3) is 0 Å². The number of nitrogens with two attached hydrogens (primary N) is 1. The van der Waals surface area contributed by atoms with Crippen molar-refractivity contribution in [1.29, 1.82) is 0 Å². The fraction of sp³-hybridized carbons (Fsp3) is 0.474. The highest BCUT2D eigenvalue weighted by molar-refractivity contribution is 14.1. The minimum Gasteiger partial charge on any atom is -0.382 e. The summed E-state index contributed by atoms with van der Waals surface area (Å²) in [5.41, 5.74) is 7.63. The third kappa shape index (κ3) is 4.73. The number of halogens is 1. The first kappa shape index (κ1) is 21.0. The predicted octanol–water partition coefficient (Wildman–Crippen LogP) is 1.45. The van der Waals surface area contributed by atoms with Gasteiger partial charge in [-0.1, -0.05) is 0 Å². The molecule has 0 radical (unpaired) electrons. The summed E-state index contributed by atoms with van der Waals surface area (Å²) in [6.07, 6.45) is 7.00. The Bertz CT molecular complexity index is 885. The van der Waals surface area contributed by atoms with Gasteiger partial charge in [0.2, 0.25) is 0 Å². The number of hydrogen-bond donors (Lipinski definition) is 3. The molecular weight excluding hydrogens is 499 g/mol. The van der Waals surface area contributed by atoms with Crippen LogP contribution in [0.4, 0.5) is 23.0 Å². The van der Waals surface area contributed by atoms with Crippen LogP contribution in [0.2, 0.25) is 0 Å². The summed E-state index contributed by atoms with van der Waals surface area (Å²) in [6.45, 7) is 4.52. The van der Waals surface area contributed by atoms with Gasteiger partial charge in [0.15, 0.2) is 11.5 Å².